The second kappa shape index (κ2) is 15.4. The molecule has 13 rings (SSSR count). The van der Waals surface area contributed by atoms with Crippen LogP contribution in [0, 0.1) is 0 Å². The highest BCUT2D eigenvalue weighted by atomic mass is 15.2. The van der Waals surface area contributed by atoms with E-state index in [0.29, 0.717) is 17.6 Å². The molecule has 0 aliphatic carbocycles. The molecule has 0 radical (unpaired) electrons. The normalized spacial score (nSPS) is 11.6. The lowest BCUT2D eigenvalue weighted by Crippen LogP contribution is -2.07. The number of nitrogens with zero attached hydrogens (tertiary/aromatic N) is 5. The van der Waals surface area contributed by atoms with E-state index in [0.717, 1.165) is 93.6 Å². The van der Waals surface area contributed by atoms with Gasteiger partial charge in [0.2, 0.25) is 5.95 Å². The van der Waals surface area contributed by atoms with Gasteiger partial charge in [0.15, 0.2) is 11.6 Å². The van der Waals surface area contributed by atoms with E-state index in [-0.39, 0.29) is 0 Å². The summed E-state index contributed by atoms with van der Waals surface area (Å²) in [5.74, 6) is 1.75. The maximum atomic E-state index is 5.46. The minimum atomic E-state index is 0.548. The molecular formula is C61H39N5. The van der Waals surface area contributed by atoms with Gasteiger partial charge in [0.1, 0.15) is 0 Å². The molecule has 0 fully saturated rings. The monoisotopic (exact) mass is 841 g/mol. The summed E-state index contributed by atoms with van der Waals surface area (Å²) in [6.45, 7) is 0. The van der Waals surface area contributed by atoms with Gasteiger partial charge in [-0.1, -0.05) is 212 Å². The molecule has 0 spiro atoms. The summed E-state index contributed by atoms with van der Waals surface area (Å²) in [6.07, 6.45) is 0. The summed E-state index contributed by atoms with van der Waals surface area (Å²) < 4.78 is 4.76. The molecule has 13 aromatic rings. The first-order valence-electron chi connectivity index (χ1n) is 22.4. The number of fused-ring (bicyclic) bond motifs is 8. The van der Waals surface area contributed by atoms with Crippen molar-refractivity contribution < 1.29 is 0 Å². The van der Waals surface area contributed by atoms with Gasteiger partial charge in [-0.05, 0) is 62.9 Å². The van der Waals surface area contributed by atoms with Crippen molar-refractivity contribution in [1.29, 1.82) is 0 Å². The minimum absolute atomic E-state index is 0.548. The van der Waals surface area contributed by atoms with Gasteiger partial charge in [0.25, 0.3) is 0 Å². The molecule has 3 heterocycles. The quantitative estimate of drug-likeness (QED) is 0.161. The Morgan fingerprint density at radius 3 is 1.47 bits per heavy atom. The molecule has 66 heavy (non-hydrogen) atoms. The van der Waals surface area contributed by atoms with Gasteiger partial charge >= 0.3 is 0 Å². The summed E-state index contributed by atoms with van der Waals surface area (Å²) in [5.41, 5.74) is 14.1. The van der Waals surface area contributed by atoms with E-state index < -0.39 is 0 Å². The SMILES string of the molecule is c1ccc(-c2ccc(-c3nc(-c4ccc5ccccc5c4)nc(-n4c5ccccc5c5ccc6c7ccccc7n(-c7cccc(-c8ccccc8)c7-c7ccccc7)c6c54)n3)cc2)cc1. The van der Waals surface area contributed by atoms with E-state index in [2.05, 4.69) is 240 Å². The standard InChI is InChI=1S/C61H39N5/c1-4-17-40(18-5-1)42-31-34-45(35-32-42)59-62-60(47-36-33-41-19-10-11-24-46(41)39-47)64-61(63-59)66-54-29-15-13-26-50(54)52-38-37-51-49-25-12-14-28-53(49)65(57(51)58(52)66)55-30-16-27-48(43-20-6-2-7-21-43)56(55)44-22-8-3-9-23-44/h1-39H. The zero-order valence-corrected chi connectivity index (χ0v) is 35.8. The fourth-order valence-corrected chi connectivity index (χ4v) is 9.95. The Morgan fingerprint density at radius 2 is 0.788 bits per heavy atom. The lowest BCUT2D eigenvalue weighted by molar-refractivity contribution is 0.953. The van der Waals surface area contributed by atoms with E-state index in [1.54, 1.807) is 0 Å². The lowest BCUT2D eigenvalue weighted by Gasteiger charge is -2.19. The van der Waals surface area contributed by atoms with Gasteiger partial charge in [0.05, 0.1) is 27.8 Å². The molecule has 0 amide bonds. The van der Waals surface area contributed by atoms with Crippen LogP contribution in [0.2, 0.25) is 0 Å². The van der Waals surface area contributed by atoms with Gasteiger partial charge < -0.3 is 4.57 Å². The lowest BCUT2D eigenvalue weighted by atomic mass is 9.93. The predicted octanol–water partition coefficient (Wildman–Crippen LogP) is 15.6. The predicted molar refractivity (Wildman–Crippen MR) is 273 cm³/mol. The summed E-state index contributed by atoms with van der Waals surface area (Å²) in [6, 6.07) is 84.1. The third-order valence-corrected chi connectivity index (χ3v) is 13.0. The Bertz CT molecular complexity index is 3960. The zero-order chi connectivity index (χ0) is 43.6. The Balaban J connectivity index is 1.14. The number of para-hydroxylation sites is 2. The van der Waals surface area contributed by atoms with Crippen molar-refractivity contribution in [3.8, 4) is 67.8 Å². The van der Waals surface area contributed by atoms with Crippen LogP contribution in [0.4, 0.5) is 0 Å². The highest BCUT2D eigenvalue weighted by Gasteiger charge is 2.25. The molecule has 0 aliphatic rings. The first-order chi connectivity index (χ1) is 32.7. The molecule has 5 heteroatoms. The maximum Gasteiger partial charge on any atom is 0.238 e. The van der Waals surface area contributed by atoms with Crippen LogP contribution in [0.1, 0.15) is 0 Å². The third kappa shape index (κ3) is 6.13. The Kier molecular flexibility index (Phi) is 8.78. The smallest absolute Gasteiger partial charge is 0.238 e. The van der Waals surface area contributed by atoms with E-state index in [9.17, 15) is 0 Å². The van der Waals surface area contributed by atoms with Crippen molar-refractivity contribution in [3.05, 3.63) is 237 Å². The zero-order valence-electron chi connectivity index (χ0n) is 35.8. The van der Waals surface area contributed by atoms with E-state index in [1.165, 1.54) is 10.9 Å². The van der Waals surface area contributed by atoms with Gasteiger partial charge in [-0.2, -0.15) is 9.97 Å². The van der Waals surface area contributed by atoms with Crippen LogP contribution < -0.4 is 0 Å². The Labute approximate surface area is 381 Å². The molecular weight excluding hydrogens is 803 g/mol. The second-order valence-corrected chi connectivity index (χ2v) is 16.8. The summed E-state index contributed by atoms with van der Waals surface area (Å²) in [5, 5.41) is 6.84. The number of aromatic nitrogens is 5. The molecule has 0 bridgehead atoms. The van der Waals surface area contributed by atoms with E-state index in [4.69, 9.17) is 15.0 Å². The van der Waals surface area contributed by atoms with Crippen LogP contribution in [-0.2, 0) is 0 Å². The molecule has 308 valence electrons. The Morgan fingerprint density at radius 1 is 0.288 bits per heavy atom. The summed E-state index contributed by atoms with van der Waals surface area (Å²) in [7, 11) is 0. The highest BCUT2D eigenvalue weighted by molar-refractivity contribution is 6.24. The maximum absolute atomic E-state index is 5.46. The van der Waals surface area contributed by atoms with Crippen molar-refractivity contribution in [2.24, 2.45) is 0 Å². The number of rotatable bonds is 7. The van der Waals surface area contributed by atoms with Gasteiger partial charge in [-0.3, -0.25) is 4.57 Å². The van der Waals surface area contributed by atoms with E-state index >= 15 is 0 Å². The molecule has 0 unspecified atom stereocenters. The van der Waals surface area contributed by atoms with Crippen molar-refractivity contribution in [2.75, 3.05) is 0 Å². The molecule has 0 N–H and O–H groups in total. The molecule has 0 atom stereocenters. The number of hydrogen-bond donors (Lipinski definition) is 0. The van der Waals surface area contributed by atoms with Crippen molar-refractivity contribution in [1.82, 2.24) is 24.1 Å². The van der Waals surface area contributed by atoms with Gasteiger partial charge in [-0.15, -0.1) is 0 Å². The average Bonchev–Trinajstić information content (AvgIpc) is 3.92. The van der Waals surface area contributed by atoms with Crippen LogP contribution >= 0.6 is 0 Å². The van der Waals surface area contributed by atoms with Crippen molar-refractivity contribution >= 4 is 54.4 Å². The van der Waals surface area contributed by atoms with Crippen LogP contribution in [0.3, 0.4) is 0 Å². The fourth-order valence-electron chi connectivity index (χ4n) is 9.95. The summed E-state index contributed by atoms with van der Waals surface area (Å²) in [4.78, 5) is 16.2. The summed E-state index contributed by atoms with van der Waals surface area (Å²) >= 11 is 0. The third-order valence-electron chi connectivity index (χ3n) is 13.0. The molecule has 3 aromatic heterocycles. The van der Waals surface area contributed by atoms with Gasteiger partial charge in [-0.25, -0.2) is 4.98 Å². The molecule has 10 aromatic carbocycles. The molecule has 0 saturated carbocycles. The minimum Gasteiger partial charge on any atom is -0.307 e. The first-order valence-corrected chi connectivity index (χ1v) is 22.4. The Hall–Kier alpha value is -8.93. The average molecular weight is 842 g/mol. The largest absolute Gasteiger partial charge is 0.307 e. The second-order valence-electron chi connectivity index (χ2n) is 16.8. The van der Waals surface area contributed by atoms with Crippen LogP contribution in [0.25, 0.3) is 122 Å². The van der Waals surface area contributed by atoms with Gasteiger partial charge in [0, 0.05) is 38.2 Å². The molecule has 0 aliphatic heterocycles. The molecule has 0 saturated heterocycles. The van der Waals surface area contributed by atoms with Crippen molar-refractivity contribution in [2.45, 2.75) is 0 Å². The topological polar surface area (TPSA) is 48.5 Å². The number of benzene rings is 10. The first kappa shape index (κ1) is 37.6. The number of hydrogen-bond acceptors (Lipinski definition) is 3. The fraction of sp³-hybridized carbons (Fsp3) is 0. The highest BCUT2D eigenvalue weighted by Crippen LogP contribution is 2.45. The van der Waals surface area contributed by atoms with Crippen LogP contribution in [-0.4, -0.2) is 24.1 Å². The molecule has 5 nitrogen and oxygen atoms in total. The van der Waals surface area contributed by atoms with E-state index in [1.807, 2.05) is 6.07 Å². The van der Waals surface area contributed by atoms with Crippen molar-refractivity contribution in [3.63, 3.8) is 0 Å². The van der Waals surface area contributed by atoms with Crippen LogP contribution in [0.15, 0.2) is 237 Å². The van der Waals surface area contributed by atoms with Crippen LogP contribution in [0.5, 0.6) is 0 Å².